The van der Waals surface area contributed by atoms with E-state index in [1.54, 1.807) is 12.1 Å². The Labute approximate surface area is 116 Å². The van der Waals surface area contributed by atoms with Crippen molar-refractivity contribution in [1.82, 2.24) is 0 Å². The number of hydrogen-bond donors (Lipinski definition) is 1. The van der Waals surface area contributed by atoms with Gasteiger partial charge in [0.05, 0.1) is 5.56 Å². The van der Waals surface area contributed by atoms with Crippen LogP contribution in [0.2, 0.25) is 0 Å². The zero-order valence-corrected chi connectivity index (χ0v) is 11.8. The molecule has 1 N–H and O–H groups in total. The second-order valence-corrected chi connectivity index (χ2v) is 4.84. The number of carboxylic acid groups (broad SMARTS) is 1. The van der Waals surface area contributed by atoms with Crippen LogP contribution >= 0.6 is 0 Å². The molecule has 0 spiro atoms. The standard InChI is InChI=1S/C17H24O2/c1-2-3-4-5-6-7-8-9-12-15-13-10-11-14-16(15)17(18)19/h2-3,10-11,13-14H,4-9,12H2,1H3,(H,18,19)/b3-2+. The van der Waals surface area contributed by atoms with Crippen molar-refractivity contribution in [1.29, 1.82) is 0 Å². The Kier molecular flexibility index (Phi) is 7.64. The van der Waals surface area contributed by atoms with E-state index >= 15 is 0 Å². The summed E-state index contributed by atoms with van der Waals surface area (Å²) in [6.45, 7) is 2.06. The Balaban J connectivity index is 2.21. The third-order valence-electron chi connectivity index (χ3n) is 3.30. The summed E-state index contributed by atoms with van der Waals surface area (Å²) >= 11 is 0. The quantitative estimate of drug-likeness (QED) is 0.509. The van der Waals surface area contributed by atoms with Crippen LogP contribution < -0.4 is 0 Å². The van der Waals surface area contributed by atoms with E-state index in [9.17, 15) is 4.79 Å². The molecule has 0 bridgehead atoms. The third kappa shape index (κ3) is 6.23. The first-order valence-corrected chi connectivity index (χ1v) is 7.18. The van der Waals surface area contributed by atoms with E-state index in [2.05, 4.69) is 19.1 Å². The van der Waals surface area contributed by atoms with Crippen LogP contribution in [0, 0.1) is 0 Å². The smallest absolute Gasteiger partial charge is 0.335 e. The van der Waals surface area contributed by atoms with Gasteiger partial charge >= 0.3 is 5.97 Å². The minimum atomic E-state index is -0.818. The number of aromatic carboxylic acids is 1. The van der Waals surface area contributed by atoms with Crippen LogP contribution in [0.4, 0.5) is 0 Å². The minimum Gasteiger partial charge on any atom is -0.478 e. The van der Waals surface area contributed by atoms with Gasteiger partial charge in [-0.1, -0.05) is 49.6 Å². The van der Waals surface area contributed by atoms with Crippen LogP contribution in [0.1, 0.15) is 61.4 Å². The normalized spacial score (nSPS) is 11.0. The number of aryl methyl sites for hydroxylation is 1. The first kappa shape index (κ1) is 15.5. The van der Waals surface area contributed by atoms with Gasteiger partial charge in [0.1, 0.15) is 0 Å². The summed E-state index contributed by atoms with van der Waals surface area (Å²) in [5.74, 6) is -0.818. The molecule has 0 aliphatic carbocycles. The van der Waals surface area contributed by atoms with E-state index < -0.39 is 5.97 Å². The molecule has 0 aromatic heterocycles. The summed E-state index contributed by atoms with van der Waals surface area (Å²) in [5, 5.41) is 9.08. The second-order valence-electron chi connectivity index (χ2n) is 4.84. The molecule has 0 saturated carbocycles. The van der Waals surface area contributed by atoms with E-state index in [-0.39, 0.29) is 0 Å². The number of benzene rings is 1. The molecule has 2 heteroatoms. The van der Waals surface area contributed by atoms with Gasteiger partial charge in [0.2, 0.25) is 0 Å². The molecule has 0 amide bonds. The SMILES string of the molecule is C/C=C/CCCCCCCc1ccccc1C(=O)O. The number of carboxylic acids is 1. The summed E-state index contributed by atoms with van der Waals surface area (Å²) in [6.07, 6.45) is 12.4. The lowest BCUT2D eigenvalue weighted by Crippen LogP contribution is -2.02. The average Bonchev–Trinajstić information content (AvgIpc) is 2.42. The molecule has 1 aromatic carbocycles. The number of unbranched alkanes of at least 4 members (excludes halogenated alkanes) is 5. The highest BCUT2D eigenvalue weighted by Gasteiger charge is 2.07. The van der Waals surface area contributed by atoms with Gasteiger partial charge in [-0.2, -0.15) is 0 Å². The van der Waals surface area contributed by atoms with Gasteiger partial charge in [-0.3, -0.25) is 0 Å². The van der Waals surface area contributed by atoms with E-state index in [4.69, 9.17) is 5.11 Å². The Morgan fingerprint density at radius 3 is 2.53 bits per heavy atom. The summed E-state index contributed by atoms with van der Waals surface area (Å²) in [7, 11) is 0. The van der Waals surface area contributed by atoms with Gasteiger partial charge in [-0.15, -0.1) is 0 Å². The molecule has 1 rings (SSSR count). The van der Waals surface area contributed by atoms with Crippen LogP contribution in [0.15, 0.2) is 36.4 Å². The maximum Gasteiger partial charge on any atom is 0.335 e. The molecule has 0 aliphatic rings. The second kappa shape index (κ2) is 9.37. The van der Waals surface area contributed by atoms with Crippen molar-refractivity contribution in [2.75, 3.05) is 0 Å². The molecule has 2 nitrogen and oxygen atoms in total. The van der Waals surface area contributed by atoms with Crippen LogP contribution in [0.5, 0.6) is 0 Å². The van der Waals surface area contributed by atoms with E-state index in [0.717, 1.165) is 18.4 Å². The zero-order chi connectivity index (χ0) is 13.9. The number of allylic oxidation sites excluding steroid dienone is 2. The molecule has 0 aliphatic heterocycles. The van der Waals surface area contributed by atoms with E-state index in [0.29, 0.717) is 5.56 Å². The van der Waals surface area contributed by atoms with Gasteiger partial charge in [-0.25, -0.2) is 4.79 Å². The lowest BCUT2D eigenvalue weighted by molar-refractivity contribution is 0.0695. The Bertz CT molecular complexity index is 407. The van der Waals surface area contributed by atoms with Crippen molar-refractivity contribution < 1.29 is 9.90 Å². The van der Waals surface area contributed by atoms with Gasteiger partial charge in [0.15, 0.2) is 0 Å². The van der Waals surface area contributed by atoms with Crippen molar-refractivity contribution in [3.05, 3.63) is 47.5 Å². The molecule has 0 heterocycles. The van der Waals surface area contributed by atoms with E-state index in [1.807, 2.05) is 12.1 Å². The first-order valence-electron chi connectivity index (χ1n) is 7.18. The van der Waals surface area contributed by atoms with Gasteiger partial charge in [0.25, 0.3) is 0 Å². The van der Waals surface area contributed by atoms with Gasteiger partial charge in [0, 0.05) is 0 Å². The number of rotatable bonds is 9. The average molecular weight is 260 g/mol. The first-order chi connectivity index (χ1) is 9.25. The van der Waals surface area contributed by atoms with Crippen LogP contribution in [-0.4, -0.2) is 11.1 Å². The molecule has 0 saturated heterocycles. The van der Waals surface area contributed by atoms with Crippen LogP contribution in [-0.2, 0) is 6.42 Å². The minimum absolute atomic E-state index is 0.454. The molecule has 0 unspecified atom stereocenters. The maximum absolute atomic E-state index is 11.1. The highest BCUT2D eigenvalue weighted by Crippen LogP contribution is 2.14. The van der Waals surface area contributed by atoms with Crippen LogP contribution in [0.25, 0.3) is 0 Å². The van der Waals surface area contributed by atoms with Crippen molar-refractivity contribution >= 4 is 5.97 Å². The lowest BCUT2D eigenvalue weighted by atomic mass is 10.0. The fourth-order valence-corrected chi connectivity index (χ4v) is 2.22. The summed E-state index contributed by atoms with van der Waals surface area (Å²) < 4.78 is 0. The Morgan fingerprint density at radius 1 is 1.11 bits per heavy atom. The summed E-state index contributed by atoms with van der Waals surface area (Å²) in [4.78, 5) is 11.1. The van der Waals surface area contributed by atoms with Crippen molar-refractivity contribution in [3.63, 3.8) is 0 Å². The lowest BCUT2D eigenvalue weighted by Gasteiger charge is -2.05. The Hall–Kier alpha value is -1.57. The van der Waals surface area contributed by atoms with Crippen molar-refractivity contribution in [2.45, 2.75) is 51.9 Å². The summed E-state index contributed by atoms with van der Waals surface area (Å²) in [6, 6.07) is 7.32. The molecule has 0 radical (unpaired) electrons. The molecule has 19 heavy (non-hydrogen) atoms. The Morgan fingerprint density at radius 2 is 1.79 bits per heavy atom. The van der Waals surface area contributed by atoms with Gasteiger partial charge < -0.3 is 5.11 Å². The fourth-order valence-electron chi connectivity index (χ4n) is 2.22. The monoisotopic (exact) mass is 260 g/mol. The van der Waals surface area contributed by atoms with Crippen molar-refractivity contribution in [3.8, 4) is 0 Å². The maximum atomic E-state index is 11.1. The molecular formula is C17H24O2. The highest BCUT2D eigenvalue weighted by molar-refractivity contribution is 5.89. The third-order valence-corrected chi connectivity index (χ3v) is 3.30. The van der Waals surface area contributed by atoms with Crippen LogP contribution in [0.3, 0.4) is 0 Å². The molecular weight excluding hydrogens is 236 g/mol. The highest BCUT2D eigenvalue weighted by atomic mass is 16.4. The largest absolute Gasteiger partial charge is 0.478 e. The summed E-state index contributed by atoms with van der Waals surface area (Å²) in [5.41, 5.74) is 1.42. The molecule has 1 aromatic rings. The molecule has 104 valence electrons. The number of hydrogen-bond acceptors (Lipinski definition) is 1. The molecule has 0 fully saturated rings. The number of carbonyl (C=O) groups is 1. The fraction of sp³-hybridized carbons (Fsp3) is 0.471. The predicted molar refractivity (Wildman–Crippen MR) is 79.6 cm³/mol. The van der Waals surface area contributed by atoms with E-state index in [1.165, 1.54) is 32.1 Å². The topological polar surface area (TPSA) is 37.3 Å². The van der Waals surface area contributed by atoms with Gasteiger partial charge in [-0.05, 0) is 44.2 Å². The zero-order valence-electron chi connectivity index (χ0n) is 11.8. The molecule has 0 atom stereocenters. The van der Waals surface area contributed by atoms with Crippen molar-refractivity contribution in [2.24, 2.45) is 0 Å². The predicted octanol–water partition coefficient (Wildman–Crippen LogP) is 4.84.